The molecule has 0 aromatic heterocycles. The molecule has 1 radical (unpaired) electrons. The first-order chi connectivity index (χ1) is 6.20. The average Bonchev–Trinajstić information content (AvgIpc) is 2.12. The molecule has 0 aromatic rings. The number of hydrogen-bond acceptors (Lipinski definition) is 3. The van der Waals surface area contributed by atoms with Crippen LogP contribution in [0.3, 0.4) is 0 Å². The highest BCUT2D eigenvalue weighted by molar-refractivity contribution is 5.82. The lowest BCUT2D eigenvalue weighted by atomic mass is 10.2. The van der Waals surface area contributed by atoms with E-state index in [0.717, 1.165) is 12.8 Å². The largest absolute Gasteiger partial charge is 0.458 e. The summed E-state index contributed by atoms with van der Waals surface area (Å²) in [5.41, 5.74) is 0. The van der Waals surface area contributed by atoms with E-state index in [4.69, 9.17) is 4.74 Å². The Balaban J connectivity index is 3.40. The molecule has 0 rings (SSSR count). The molecule has 0 fully saturated rings. The van der Waals surface area contributed by atoms with E-state index in [9.17, 15) is 9.59 Å². The highest BCUT2D eigenvalue weighted by Crippen LogP contribution is 1.97. The maximum atomic E-state index is 11.0. The molecule has 0 heterocycles. The average molecular weight is 185 g/mol. The van der Waals surface area contributed by atoms with Gasteiger partial charge in [0.2, 0.25) is 0 Å². The Morgan fingerprint density at radius 2 is 2.00 bits per heavy atom. The number of ether oxygens (including phenoxy) is 1. The summed E-state index contributed by atoms with van der Waals surface area (Å²) in [5.74, 6) is -0.334. The van der Waals surface area contributed by atoms with E-state index in [1.807, 2.05) is 6.92 Å². The molecule has 75 valence electrons. The van der Waals surface area contributed by atoms with E-state index in [2.05, 4.69) is 6.92 Å². The van der Waals surface area contributed by atoms with Crippen molar-refractivity contribution in [3.8, 4) is 0 Å². The minimum Gasteiger partial charge on any atom is -0.458 e. The van der Waals surface area contributed by atoms with Gasteiger partial charge in [-0.3, -0.25) is 9.59 Å². The van der Waals surface area contributed by atoms with Gasteiger partial charge in [0.05, 0.1) is 0 Å². The number of ketones is 1. The number of Topliss-reactive ketones (excluding diaryl/α,β-unsaturated/α-hetero) is 1. The van der Waals surface area contributed by atoms with Crippen molar-refractivity contribution in [3.05, 3.63) is 6.92 Å². The van der Waals surface area contributed by atoms with E-state index < -0.39 is 0 Å². The zero-order chi connectivity index (χ0) is 10.1. The Kier molecular flexibility index (Phi) is 7.26. The summed E-state index contributed by atoms with van der Waals surface area (Å²) in [4.78, 5) is 21.8. The molecule has 3 heteroatoms. The van der Waals surface area contributed by atoms with Gasteiger partial charge in [-0.1, -0.05) is 20.3 Å². The number of rotatable bonds is 7. The molecule has 0 aromatic carbocycles. The fourth-order valence-electron chi connectivity index (χ4n) is 0.824. The van der Waals surface area contributed by atoms with Crippen molar-refractivity contribution in [1.82, 2.24) is 0 Å². The molecule has 0 saturated heterocycles. The van der Waals surface area contributed by atoms with Gasteiger partial charge in [0, 0.05) is 12.8 Å². The van der Waals surface area contributed by atoms with Crippen LogP contribution in [0, 0.1) is 6.92 Å². The van der Waals surface area contributed by atoms with E-state index in [1.54, 1.807) is 0 Å². The molecule has 0 aliphatic rings. The molecule has 0 aliphatic heterocycles. The van der Waals surface area contributed by atoms with Crippen molar-refractivity contribution in [3.63, 3.8) is 0 Å². The van der Waals surface area contributed by atoms with Crippen LogP contribution in [-0.2, 0) is 14.3 Å². The Bertz CT molecular complexity index is 164. The fourth-order valence-corrected chi connectivity index (χ4v) is 0.824. The third-order valence-electron chi connectivity index (χ3n) is 1.58. The third-order valence-corrected chi connectivity index (χ3v) is 1.58. The second-order valence-corrected chi connectivity index (χ2v) is 2.91. The molecular weight excluding hydrogens is 168 g/mol. The second-order valence-electron chi connectivity index (χ2n) is 2.91. The van der Waals surface area contributed by atoms with Gasteiger partial charge in [0.1, 0.15) is 6.61 Å². The number of esters is 1. The van der Waals surface area contributed by atoms with Crippen LogP contribution in [0.2, 0.25) is 0 Å². The lowest BCUT2D eigenvalue weighted by Gasteiger charge is -2.02. The van der Waals surface area contributed by atoms with Crippen LogP contribution < -0.4 is 0 Å². The Morgan fingerprint density at radius 1 is 1.31 bits per heavy atom. The molecule has 0 atom stereocenters. The Hall–Kier alpha value is -0.860. The summed E-state index contributed by atoms with van der Waals surface area (Å²) in [6.07, 6.45) is 3.17. The molecule has 13 heavy (non-hydrogen) atoms. The summed E-state index contributed by atoms with van der Waals surface area (Å²) < 4.78 is 4.71. The van der Waals surface area contributed by atoms with Crippen LogP contribution >= 0.6 is 0 Å². The predicted octanol–water partition coefficient (Wildman–Crippen LogP) is 1.90. The number of carbonyl (C=O) groups excluding carboxylic acids is 2. The molecule has 0 bridgehead atoms. The second kappa shape index (κ2) is 7.77. The van der Waals surface area contributed by atoms with Gasteiger partial charge in [0.25, 0.3) is 0 Å². The predicted molar refractivity (Wildman–Crippen MR) is 50.1 cm³/mol. The minimum absolute atomic E-state index is 0.000683. The van der Waals surface area contributed by atoms with Crippen molar-refractivity contribution in [2.24, 2.45) is 0 Å². The van der Waals surface area contributed by atoms with Gasteiger partial charge in [-0.05, 0) is 12.8 Å². The van der Waals surface area contributed by atoms with Crippen molar-refractivity contribution < 1.29 is 14.3 Å². The number of unbranched alkanes of at least 4 members (excludes halogenated alkanes) is 1. The van der Waals surface area contributed by atoms with Gasteiger partial charge in [-0.2, -0.15) is 0 Å². The topological polar surface area (TPSA) is 43.4 Å². The Morgan fingerprint density at radius 3 is 2.54 bits per heavy atom. The fraction of sp³-hybridized carbons (Fsp3) is 0.700. The lowest BCUT2D eigenvalue weighted by molar-refractivity contribution is -0.147. The highest BCUT2D eigenvalue weighted by Gasteiger charge is 2.05. The first-order valence-electron chi connectivity index (χ1n) is 4.67. The van der Waals surface area contributed by atoms with Gasteiger partial charge < -0.3 is 4.74 Å². The normalized spacial score (nSPS) is 9.69. The molecule has 0 spiro atoms. The molecular formula is C10H17O3. The smallest absolute Gasteiger partial charge is 0.306 e. The van der Waals surface area contributed by atoms with Gasteiger partial charge in [0.15, 0.2) is 5.78 Å². The zero-order valence-electron chi connectivity index (χ0n) is 8.17. The monoisotopic (exact) mass is 185 g/mol. The molecule has 0 saturated carbocycles. The summed E-state index contributed by atoms with van der Waals surface area (Å²) in [7, 11) is 0. The third kappa shape index (κ3) is 7.50. The summed E-state index contributed by atoms with van der Waals surface area (Å²) in [6.45, 7) is 5.46. The van der Waals surface area contributed by atoms with E-state index in [-0.39, 0.29) is 18.4 Å². The van der Waals surface area contributed by atoms with Gasteiger partial charge in [-0.25, -0.2) is 0 Å². The quantitative estimate of drug-likeness (QED) is 0.569. The standard InChI is InChI=1S/C10H17O3/c1-3-5-7-9(11)8-13-10(12)6-4-2/h2-8H2,1H3. The van der Waals surface area contributed by atoms with Crippen LogP contribution in [0.5, 0.6) is 0 Å². The molecule has 3 nitrogen and oxygen atoms in total. The highest BCUT2D eigenvalue weighted by atomic mass is 16.5. The SMILES string of the molecule is [CH2]CCC(=O)OCC(=O)CCCC. The van der Waals surface area contributed by atoms with Gasteiger partial charge >= 0.3 is 5.97 Å². The minimum atomic E-state index is -0.333. The molecule has 0 amide bonds. The maximum Gasteiger partial charge on any atom is 0.306 e. The van der Waals surface area contributed by atoms with Crippen molar-refractivity contribution >= 4 is 11.8 Å². The number of hydrogen-bond donors (Lipinski definition) is 0. The summed E-state index contributed by atoms with van der Waals surface area (Å²) in [5, 5.41) is 0. The van der Waals surface area contributed by atoms with Gasteiger partial charge in [-0.15, -0.1) is 0 Å². The first kappa shape index (κ1) is 12.1. The van der Waals surface area contributed by atoms with E-state index >= 15 is 0 Å². The van der Waals surface area contributed by atoms with Crippen molar-refractivity contribution in [2.45, 2.75) is 39.0 Å². The molecule has 0 unspecified atom stereocenters. The van der Waals surface area contributed by atoms with Crippen LogP contribution in [0.25, 0.3) is 0 Å². The molecule has 0 N–H and O–H groups in total. The maximum absolute atomic E-state index is 11.0. The Labute approximate surface area is 79.5 Å². The van der Waals surface area contributed by atoms with E-state index in [1.165, 1.54) is 0 Å². The zero-order valence-corrected chi connectivity index (χ0v) is 8.17. The van der Waals surface area contributed by atoms with Crippen molar-refractivity contribution in [1.29, 1.82) is 0 Å². The van der Waals surface area contributed by atoms with Crippen LogP contribution in [-0.4, -0.2) is 18.4 Å². The summed E-state index contributed by atoms with van der Waals surface area (Å²) >= 11 is 0. The number of carbonyl (C=O) groups is 2. The van der Waals surface area contributed by atoms with Crippen LogP contribution in [0.15, 0.2) is 0 Å². The lowest BCUT2D eigenvalue weighted by Crippen LogP contribution is -2.13. The molecule has 0 aliphatic carbocycles. The van der Waals surface area contributed by atoms with Crippen LogP contribution in [0.1, 0.15) is 39.0 Å². The van der Waals surface area contributed by atoms with Crippen LogP contribution in [0.4, 0.5) is 0 Å². The first-order valence-corrected chi connectivity index (χ1v) is 4.67. The van der Waals surface area contributed by atoms with Crippen molar-refractivity contribution in [2.75, 3.05) is 6.61 Å². The summed E-state index contributed by atoms with van der Waals surface area (Å²) in [6, 6.07) is 0. The van der Waals surface area contributed by atoms with E-state index in [0.29, 0.717) is 19.3 Å².